The van der Waals surface area contributed by atoms with E-state index in [1.807, 2.05) is 24.3 Å². The number of rotatable bonds is 4. The number of sulfone groups is 1. The van der Waals surface area contributed by atoms with Crippen molar-refractivity contribution in [1.29, 1.82) is 0 Å². The van der Waals surface area contributed by atoms with E-state index in [1.165, 1.54) is 11.6 Å². The fourth-order valence-corrected chi connectivity index (χ4v) is 5.04. The molecule has 0 aromatic carbocycles. The number of aromatic nitrogens is 2. The second kappa shape index (κ2) is 6.17. The Balaban J connectivity index is 1.81. The number of piperidine rings is 1. The van der Waals surface area contributed by atoms with Crippen molar-refractivity contribution >= 4 is 31.9 Å². The predicted octanol–water partition coefficient (Wildman–Crippen LogP) is 2.18. The molecule has 0 aliphatic carbocycles. The van der Waals surface area contributed by atoms with Crippen LogP contribution in [0.3, 0.4) is 0 Å². The standard InChI is InChI=1S/C14H18N4O4S2/c1-16-9-11(8-15-16)10-3-5-17(6-4-10)14-12(18(19)20)7-13(23-14)24(2,21)22/h7-10H,3-6H2,1-2H3. The van der Waals surface area contributed by atoms with Gasteiger partial charge in [0.2, 0.25) is 0 Å². The van der Waals surface area contributed by atoms with Crippen LogP contribution in [0.25, 0.3) is 0 Å². The van der Waals surface area contributed by atoms with Gasteiger partial charge in [-0.15, -0.1) is 0 Å². The Hall–Kier alpha value is -1.94. The van der Waals surface area contributed by atoms with Gasteiger partial charge in [-0.1, -0.05) is 11.3 Å². The smallest absolute Gasteiger partial charge is 0.305 e. The van der Waals surface area contributed by atoms with Crippen molar-refractivity contribution in [3.8, 4) is 0 Å². The Labute approximate surface area is 143 Å². The first-order valence-electron chi connectivity index (χ1n) is 7.47. The number of thiophene rings is 1. The van der Waals surface area contributed by atoms with Gasteiger partial charge in [-0.2, -0.15) is 5.10 Å². The Bertz CT molecular complexity index is 863. The van der Waals surface area contributed by atoms with Crippen LogP contribution >= 0.6 is 11.3 Å². The molecule has 24 heavy (non-hydrogen) atoms. The third-order valence-electron chi connectivity index (χ3n) is 4.21. The molecule has 1 aliphatic rings. The number of hydrogen-bond acceptors (Lipinski definition) is 7. The van der Waals surface area contributed by atoms with E-state index in [1.54, 1.807) is 4.68 Å². The summed E-state index contributed by atoms with van der Waals surface area (Å²) in [6.45, 7) is 1.31. The van der Waals surface area contributed by atoms with E-state index in [-0.39, 0.29) is 9.90 Å². The molecule has 2 aromatic rings. The molecule has 0 N–H and O–H groups in total. The lowest BCUT2D eigenvalue weighted by molar-refractivity contribution is -0.383. The minimum atomic E-state index is -3.45. The van der Waals surface area contributed by atoms with Crippen LogP contribution in [0, 0.1) is 10.1 Å². The van der Waals surface area contributed by atoms with Gasteiger partial charge < -0.3 is 4.90 Å². The van der Waals surface area contributed by atoms with Crippen molar-refractivity contribution in [1.82, 2.24) is 9.78 Å². The number of anilines is 1. The quantitative estimate of drug-likeness (QED) is 0.604. The molecule has 130 valence electrons. The largest absolute Gasteiger partial charge is 0.358 e. The molecule has 2 aromatic heterocycles. The molecule has 3 heterocycles. The van der Waals surface area contributed by atoms with Crippen molar-refractivity contribution in [3.05, 3.63) is 34.1 Å². The zero-order valence-corrected chi connectivity index (χ0v) is 15.0. The Morgan fingerprint density at radius 2 is 2.04 bits per heavy atom. The van der Waals surface area contributed by atoms with Crippen LogP contribution in [0.4, 0.5) is 10.7 Å². The Morgan fingerprint density at radius 3 is 2.54 bits per heavy atom. The van der Waals surface area contributed by atoms with Crippen molar-refractivity contribution in [2.24, 2.45) is 7.05 Å². The lowest BCUT2D eigenvalue weighted by atomic mass is 9.92. The predicted molar refractivity (Wildman–Crippen MR) is 91.5 cm³/mol. The van der Waals surface area contributed by atoms with Crippen molar-refractivity contribution in [2.75, 3.05) is 24.2 Å². The third-order valence-corrected chi connectivity index (χ3v) is 7.20. The van der Waals surface area contributed by atoms with E-state index < -0.39 is 14.8 Å². The first-order valence-corrected chi connectivity index (χ1v) is 10.2. The van der Waals surface area contributed by atoms with Gasteiger partial charge in [-0.25, -0.2) is 8.42 Å². The molecule has 0 saturated carbocycles. The highest BCUT2D eigenvalue weighted by Crippen LogP contribution is 2.42. The first-order chi connectivity index (χ1) is 11.3. The molecule has 1 fully saturated rings. The van der Waals surface area contributed by atoms with Gasteiger partial charge in [0.15, 0.2) is 14.8 Å². The molecule has 1 aliphatic heterocycles. The molecule has 0 radical (unpaired) electrons. The van der Waals surface area contributed by atoms with Gasteiger partial charge in [0.25, 0.3) is 0 Å². The number of nitro groups is 1. The molecule has 0 spiro atoms. The molecule has 10 heteroatoms. The van der Waals surface area contributed by atoms with E-state index in [4.69, 9.17) is 0 Å². The van der Waals surface area contributed by atoms with Crippen LogP contribution in [0.1, 0.15) is 24.3 Å². The summed E-state index contributed by atoms with van der Waals surface area (Å²) < 4.78 is 25.2. The molecule has 1 saturated heterocycles. The molecular formula is C14H18N4O4S2. The summed E-state index contributed by atoms with van der Waals surface area (Å²) in [4.78, 5) is 12.7. The highest BCUT2D eigenvalue weighted by molar-refractivity contribution is 7.92. The monoisotopic (exact) mass is 370 g/mol. The maximum absolute atomic E-state index is 11.7. The average molecular weight is 370 g/mol. The third kappa shape index (κ3) is 3.29. The van der Waals surface area contributed by atoms with E-state index >= 15 is 0 Å². The molecular weight excluding hydrogens is 352 g/mol. The highest BCUT2D eigenvalue weighted by Gasteiger charge is 2.30. The lowest BCUT2D eigenvalue weighted by Gasteiger charge is -2.31. The molecule has 0 amide bonds. The minimum absolute atomic E-state index is 0.0404. The summed E-state index contributed by atoms with van der Waals surface area (Å²) in [7, 11) is -1.58. The fraction of sp³-hybridized carbons (Fsp3) is 0.500. The Morgan fingerprint density at radius 1 is 1.38 bits per heavy atom. The molecule has 8 nitrogen and oxygen atoms in total. The normalized spacial score (nSPS) is 16.5. The van der Waals surface area contributed by atoms with Crippen molar-refractivity contribution in [3.63, 3.8) is 0 Å². The van der Waals surface area contributed by atoms with Crippen LogP contribution < -0.4 is 4.90 Å². The van der Waals surface area contributed by atoms with Gasteiger partial charge in [-0.3, -0.25) is 14.8 Å². The summed E-state index contributed by atoms with van der Waals surface area (Å²) in [6, 6.07) is 1.17. The van der Waals surface area contributed by atoms with E-state index in [0.717, 1.165) is 30.4 Å². The molecule has 0 atom stereocenters. The van der Waals surface area contributed by atoms with Gasteiger partial charge in [0.1, 0.15) is 4.21 Å². The highest BCUT2D eigenvalue weighted by atomic mass is 32.2. The summed E-state index contributed by atoms with van der Waals surface area (Å²) in [5, 5.41) is 15.9. The lowest BCUT2D eigenvalue weighted by Crippen LogP contribution is -2.32. The van der Waals surface area contributed by atoms with Crippen LogP contribution in [0.15, 0.2) is 22.7 Å². The van der Waals surface area contributed by atoms with E-state index in [9.17, 15) is 18.5 Å². The molecule has 3 rings (SSSR count). The van der Waals surface area contributed by atoms with Gasteiger partial charge in [0.05, 0.1) is 11.1 Å². The summed E-state index contributed by atoms with van der Waals surface area (Å²) in [5.41, 5.74) is 1.05. The van der Waals surface area contributed by atoms with Gasteiger partial charge in [0, 0.05) is 38.7 Å². The second-order valence-corrected chi connectivity index (χ2v) is 9.27. The maximum Gasteiger partial charge on any atom is 0.305 e. The first kappa shape index (κ1) is 16.9. The second-order valence-electron chi connectivity index (χ2n) is 5.99. The molecule has 0 unspecified atom stereocenters. The summed E-state index contributed by atoms with van der Waals surface area (Å²) >= 11 is 0.982. The maximum atomic E-state index is 11.7. The van der Waals surface area contributed by atoms with Crippen LogP contribution in [0.2, 0.25) is 0 Å². The summed E-state index contributed by atoms with van der Waals surface area (Å²) in [6.07, 6.45) is 6.64. The SMILES string of the molecule is Cn1cc(C2CCN(c3sc(S(C)(=O)=O)cc3[N+](=O)[O-])CC2)cn1. The van der Waals surface area contributed by atoms with Crippen LogP contribution in [-0.2, 0) is 16.9 Å². The zero-order valence-electron chi connectivity index (χ0n) is 13.4. The fourth-order valence-electron chi connectivity index (χ4n) is 2.96. The zero-order chi connectivity index (χ0) is 17.5. The minimum Gasteiger partial charge on any atom is -0.358 e. The summed E-state index contributed by atoms with van der Waals surface area (Å²) in [5.74, 6) is 0.378. The van der Waals surface area contributed by atoms with Gasteiger partial charge >= 0.3 is 5.69 Å². The average Bonchev–Trinajstić information content (AvgIpc) is 3.13. The van der Waals surface area contributed by atoms with E-state index in [2.05, 4.69) is 5.10 Å². The van der Waals surface area contributed by atoms with Crippen LogP contribution in [-0.4, -0.2) is 42.5 Å². The van der Waals surface area contributed by atoms with Crippen molar-refractivity contribution < 1.29 is 13.3 Å². The molecule has 0 bridgehead atoms. The van der Waals surface area contributed by atoms with E-state index in [0.29, 0.717) is 24.0 Å². The number of aryl methyl sites for hydroxylation is 1. The Kier molecular flexibility index (Phi) is 4.35. The number of nitrogens with zero attached hydrogens (tertiary/aromatic N) is 4. The van der Waals surface area contributed by atoms with Crippen LogP contribution in [0.5, 0.6) is 0 Å². The number of hydrogen-bond donors (Lipinski definition) is 0. The topological polar surface area (TPSA) is 98.3 Å². The van der Waals surface area contributed by atoms with Gasteiger partial charge in [-0.05, 0) is 24.3 Å². The van der Waals surface area contributed by atoms with Crippen molar-refractivity contribution in [2.45, 2.75) is 23.0 Å².